The molecule has 1 aromatic carbocycles. The van der Waals surface area contributed by atoms with Gasteiger partial charge in [0.25, 0.3) is 0 Å². The van der Waals surface area contributed by atoms with Gasteiger partial charge in [-0.15, -0.1) is 5.92 Å². The van der Waals surface area contributed by atoms with Crippen molar-refractivity contribution in [2.24, 2.45) is 21.1 Å². The fraction of sp³-hybridized carbons (Fsp3) is 0.464. The van der Waals surface area contributed by atoms with Crippen molar-refractivity contribution in [2.45, 2.75) is 71.6 Å². The zero-order chi connectivity index (χ0) is 22.3. The lowest BCUT2D eigenvalue weighted by atomic mass is 9.65. The predicted molar refractivity (Wildman–Crippen MR) is 135 cm³/mol. The molecule has 1 unspecified atom stereocenters. The lowest BCUT2D eigenvalue weighted by Gasteiger charge is -2.44. The highest BCUT2D eigenvalue weighted by Crippen LogP contribution is 2.62. The molecule has 0 amide bonds. The smallest absolute Gasteiger partial charge is 0.184 e. The van der Waals surface area contributed by atoms with E-state index in [4.69, 9.17) is 20.5 Å². The number of nitrogens with two attached hydrogens (primary N) is 1. The molecule has 33 heavy (non-hydrogen) atoms. The fourth-order valence-corrected chi connectivity index (χ4v) is 5.86. The number of methoxy groups -OCH3 is 1. The zero-order valence-electron chi connectivity index (χ0n) is 19.1. The highest BCUT2D eigenvalue weighted by molar-refractivity contribution is 6.42. The number of aromatic nitrogens is 1. The van der Waals surface area contributed by atoms with Crippen molar-refractivity contribution in [3.05, 3.63) is 53.3 Å². The number of hydrogen-bond acceptors (Lipinski definition) is 5. The summed E-state index contributed by atoms with van der Waals surface area (Å²) in [6.45, 7) is 3.95. The second-order valence-corrected chi connectivity index (χ2v) is 9.18. The molecule has 1 atom stereocenters. The second-order valence-electron chi connectivity index (χ2n) is 9.18. The van der Waals surface area contributed by atoms with E-state index in [2.05, 4.69) is 48.0 Å². The Morgan fingerprint density at radius 3 is 2.58 bits per heavy atom. The lowest BCUT2D eigenvalue weighted by Crippen LogP contribution is -2.43. The van der Waals surface area contributed by atoms with Gasteiger partial charge in [-0.2, -0.15) is 0 Å². The summed E-state index contributed by atoms with van der Waals surface area (Å²) in [4.78, 5) is 14.8. The van der Waals surface area contributed by atoms with Gasteiger partial charge in [0.1, 0.15) is 5.84 Å². The van der Waals surface area contributed by atoms with Crippen LogP contribution in [0.4, 0.5) is 0 Å². The summed E-state index contributed by atoms with van der Waals surface area (Å²) in [6.07, 6.45) is 9.95. The van der Waals surface area contributed by atoms with Crippen molar-refractivity contribution in [1.82, 2.24) is 4.98 Å². The van der Waals surface area contributed by atoms with Gasteiger partial charge < -0.3 is 10.5 Å². The number of nitrogens with zero attached hydrogens (tertiary/aromatic N) is 3. The topological polar surface area (TPSA) is 72.9 Å². The van der Waals surface area contributed by atoms with E-state index in [1.165, 1.54) is 11.1 Å². The first-order chi connectivity index (χ1) is 15.5. The van der Waals surface area contributed by atoms with Crippen LogP contribution in [0.15, 0.2) is 46.6 Å². The summed E-state index contributed by atoms with van der Waals surface area (Å²) >= 11 is 0. The number of pyridine rings is 1. The van der Waals surface area contributed by atoms with E-state index in [0.29, 0.717) is 11.9 Å². The summed E-state index contributed by atoms with van der Waals surface area (Å²) in [5.74, 6) is 6.67. The van der Waals surface area contributed by atoms with Gasteiger partial charge >= 0.3 is 0 Å². The van der Waals surface area contributed by atoms with Crippen molar-refractivity contribution in [3.8, 4) is 23.0 Å². The largest absolute Gasteiger partial charge is 0.382 e. The Morgan fingerprint density at radius 2 is 1.91 bits per heavy atom. The molecule has 0 saturated heterocycles. The van der Waals surface area contributed by atoms with Crippen molar-refractivity contribution in [1.29, 1.82) is 0 Å². The molecule has 2 spiro atoms. The molecule has 1 saturated carbocycles. The first-order valence-corrected chi connectivity index (χ1v) is 11.5. The van der Waals surface area contributed by atoms with Gasteiger partial charge in [0.2, 0.25) is 0 Å². The van der Waals surface area contributed by atoms with Crippen molar-refractivity contribution in [2.75, 3.05) is 7.11 Å². The van der Waals surface area contributed by atoms with Crippen LogP contribution in [0.5, 0.6) is 0 Å². The zero-order valence-corrected chi connectivity index (χ0v) is 19.1. The number of aliphatic imine (C=N–C) groups is 2. The van der Waals surface area contributed by atoms with E-state index in [9.17, 15) is 0 Å². The maximum absolute atomic E-state index is 6.42. The second kappa shape index (κ2) is 8.76. The van der Waals surface area contributed by atoms with Crippen LogP contribution in [-0.4, -0.2) is 29.7 Å². The van der Waals surface area contributed by atoms with Crippen molar-refractivity contribution < 1.29 is 4.74 Å². The SMILES string of the molecule is C.CC#Cc1cncc(-c2ccc3c(c2)C2(N=C(N)C(CC)=N2)C2(CCC(OC)CC2)C3)c1. The van der Waals surface area contributed by atoms with Crippen LogP contribution in [0, 0.1) is 17.3 Å². The monoisotopic (exact) mass is 442 g/mol. The van der Waals surface area contributed by atoms with Crippen LogP contribution in [0.3, 0.4) is 0 Å². The van der Waals surface area contributed by atoms with Crippen LogP contribution in [-0.2, 0) is 16.8 Å². The van der Waals surface area contributed by atoms with E-state index in [1.54, 1.807) is 6.20 Å². The van der Waals surface area contributed by atoms with E-state index in [1.807, 2.05) is 20.2 Å². The van der Waals surface area contributed by atoms with Gasteiger partial charge in [-0.3, -0.25) is 9.98 Å². The molecule has 1 aliphatic heterocycles. The highest BCUT2D eigenvalue weighted by Gasteiger charge is 2.60. The number of hydrogen-bond donors (Lipinski definition) is 1. The number of fused-ring (bicyclic) bond motifs is 3. The average molecular weight is 443 g/mol. The lowest BCUT2D eigenvalue weighted by molar-refractivity contribution is -0.000389. The van der Waals surface area contributed by atoms with Crippen molar-refractivity contribution in [3.63, 3.8) is 0 Å². The first kappa shape index (κ1) is 23.2. The summed E-state index contributed by atoms with van der Waals surface area (Å²) in [7, 11) is 1.82. The van der Waals surface area contributed by atoms with E-state index < -0.39 is 5.66 Å². The first-order valence-electron chi connectivity index (χ1n) is 11.5. The number of rotatable bonds is 3. The molecule has 0 bridgehead atoms. The normalized spacial score (nSPS) is 27.4. The predicted octanol–water partition coefficient (Wildman–Crippen LogP) is 5.26. The summed E-state index contributed by atoms with van der Waals surface area (Å²) < 4.78 is 5.68. The molecule has 0 radical (unpaired) electrons. The van der Waals surface area contributed by atoms with Gasteiger partial charge in [-0.05, 0) is 68.7 Å². The summed E-state index contributed by atoms with van der Waals surface area (Å²) in [5.41, 5.74) is 12.3. The molecule has 2 aromatic rings. The molecular formula is C28H34N4O. The van der Waals surface area contributed by atoms with Crippen molar-refractivity contribution >= 4 is 11.5 Å². The molecule has 1 aromatic heterocycles. The number of benzene rings is 1. The van der Waals surface area contributed by atoms with Crippen LogP contribution in [0.2, 0.25) is 0 Å². The Kier molecular flexibility index (Phi) is 6.16. The Labute approximate surface area is 197 Å². The molecule has 2 heterocycles. The Hall–Kier alpha value is -2.97. The van der Waals surface area contributed by atoms with Gasteiger partial charge in [0, 0.05) is 41.6 Å². The van der Waals surface area contributed by atoms with Crippen LogP contribution in [0.1, 0.15) is 70.1 Å². The molecule has 2 aliphatic carbocycles. The summed E-state index contributed by atoms with van der Waals surface area (Å²) in [6, 6.07) is 8.82. The van der Waals surface area contributed by atoms with Gasteiger partial charge in [-0.25, -0.2) is 4.99 Å². The third-order valence-corrected chi connectivity index (χ3v) is 7.53. The molecule has 5 nitrogen and oxygen atoms in total. The van der Waals surface area contributed by atoms with Crippen LogP contribution >= 0.6 is 0 Å². The maximum atomic E-state index is 6.42. The quantitative estimate of drug-likeness (QED) is 0.659. The molecule has 172 valence electrons. The Balaban J connectivity index is 0.00000259. The van der Waals surface area contributed by atoms with E-state index in [-0.39, 0.29) is 12.8 Å². The fourth-order valence-electron chi connectivity index (χ4n) is 5.86. The van der Waals surface area contributed by atoms with Gasteiger partial charge in [0.15, 0.2) is 5.66 Å². The van der Waals surface area contributed by atoms with Gasteiger partial charge in [-0.1, -0.05) is 32.4 Å². The average Bonchev–Trinajstić information content (AvgIpc) is 3.29. The minimum Gasteiger partial charge on any atom is -0.382 e. The summed E-state index contributed by atoms with van der Waals surface area (Å²) in [5, 5.41) is 0. The molecule has 1 fully saturated rings. The molecular weight excluding hydrogens is 408 g/mol. The van der Waals surface area contributed by atoms with Crippen LogP contribution in [0.25, 0.3) is 11.1 Å². The minimum absolute atomic E-state index is 0. The van der Waals surface area contributed by atoms with E-state index >= 15 is 0 Å². The number of ether oxygens (including phenoxy) is 1. The van der Waals surface area contributed by atoms with E-state index in [0.717, 1.165) is 60.9 Å². The maximum Gasteiger partial charge on any atom is 0.184 e. The Morgan fingerprint density at radius 1 is 1.12 bits per heavy atom. The highest BCUT2D eigenvalue weighted by atomic mass is 16.5. The van der Waals surface area contributed by atoms with Crippen LogP contribution < -0.4 is 5.73 Å². The molecule has 3 aliphatic rings. The molecule has 2 N–H and O–H groups in total. The third-order valence-electron chi connectivity index (χ3n) is 7.53. The third kappa shape index (κ3) is 3.57. The number of amidine groups is 1. The minimum atomic E-state index is -0.624. The molecule has 5 rings (SSSR count). The van der Waals surface area contributed by atoms with Gasteiger partial charge in [0.05, 0.1) is 11.8 Å². The standard InChI is InChI=1S/C27H30N4O.CH4/c1-4-6-18-13-21(17-29-16-18)19-7-8-20-15-26(11-9-22(32-3)10-12-26)27(23(20)14-19)30-24(5-2)25(28)31-27;/h7-8,13-14,16-17,22H,5,9-12,15H2,1-3H3,(H2,28,31);1H4. The Bertz CT molecular complexity index is 1180. The molecule has 5 heteroatoms.